The van der Waals surface area contributed by atoms with Gasteiger partial charge in [-0.25, -0.2) is 0 Å². The van der Waals surface area contributed by atoms with Crippen molar-refractivity contribution in [3.8, 4) is 0 Å². The largest absolute Gasteiger partial charge is 0.481 e. The van der Waals surface area contributed by atoms with Gasteiger partial charge in [-0.15, -0.1) is 0 Å². The van der Waals surface area contributed by atoms with Crippen molar-refractivity contribution in [3.05, 3.63) is 12.2 Å². The number of hydrogen-bond donors (Lipinski definition) is 2. The molecule has 0 amide bonds. The lowest BCUT2D eigenvalue weighted by Crippen LogP contribution is -2.35. The van der Waals surface area contributed by atoms with Crippen LogP contribution in [0.25, 0.3) is 0 Å². The number of rotatable bonds is 8. The van der Waals surface area contributed by atoms with Crippen molar-refractivity contribution in [1.82, 2.24) is 0 Å². The molecule has 1 rings (SSSR count). The third kappa shape index (κ3) is 5.87. The van der Waals surface area contributed by atoms with E-state index in [1.165, 1.54) is 19.3 Å². The molecule has 2 atom stereocenters. The van der Waals surface area contributed by atoms with Crippen LogP contribution >= 0.6 is 0 Å². The molecule has 1 fully saturated rings. The molecule has 3 N–H and O–H groups in total. The number of aliphatic carboxylic acids is 1. The molecule has 4 nitrogen and oxygen atoms in total. The standard InChI is InChI=1S/C16H27NO3/c1-2-3-9-13(16(19)20)11-15(18)14(17)10-12-7-5-4-6-8-12/h2-3,12-14H,4-11,17H2,1H3,(H,19,20)/b3-2+/t13-,14+/m1/s1. The van der Waals surface area contributed by atoms with Gasteiger partial charge in [0.1, 0.15) is 5.78 Å². The van der Waals surface area contributed by atoms with Crippen LogP contribution in [0.2, 0.25) is 0 Å². The zero-order chi connectivity index (χ0) is 15.0. The van der Waals surface area contributed by atoms with Crippen molar-refractivity contribution < 1.29 is 14.7 Å². The van der Waals surface area contributed by atoms with Crippen LogP contribution in [0.3, 0.4) is 0 Å². The molecule has 0 aromatic rings. The lowest BCUT2D eigenvalue weighted by Gasteiger charge is -2.24. The number of carbonyl (C=O) groups is 2. The average molecular weight is 281 g/mol. The fraction of sp³-hybridized carbons (Fsp3) is 0.750. The maximum Gasteiger partial charge on any atom is 0.307 e. The number of Topliss-reactive ketones (excluding diaryl/α,β-unsaturated/α-hetero) is 1. The molecule has 1 saturated carbocycles. The van der Waals surface area contributed by atoms with E-state index in [1.54, 1.807) is 6.08 Å². The Morgan fingerprint density at radius 2 is 1.95 bits per heavy atom. The van der Waals surface area contributed by atoms with Crippen molar-refractivity contribution >= 4 is 11.8 Å². The van der Waals surface area contributed by atoms with Crippen LogP contribution < -0.4 is 5.73 Å². The van der Waals surface area contributed by atoms with Gasteiger partial charge in [-0.1, -0.05) is 44.3 Å². The quantitative estimate of drug-likeness (QED) is 0.670. The van der Waals surface area contributed by atoms with Crippen molar-refractivity contribution in [2.75, 3.05) is 0 Å². The Morgan fingerprint density at radius 3 is 2.50 bits per heavy atom. The van der Waals surface area contributed by atoms with Crippen LogP contribution in [0, 0.1) is 11.8 Å². The summed E-state index contributed by atoms with van der Waals surface area (Å²) in [5, 5.41) is 9.13. The van der Waals surface area contributed by atoms with Crippen molar-refractivity contribution in [1.29, 1.82) is 0 Å². The Morgan fingerprint density at radius 1 is 1.30 bits per heavy atom. The lowest BCUT2D eigenvalue weighted by molar-refractivity contribution is -0.143. The first kappa shape index (κ1) is 16.9. The summed E-state index contributed by atoms with van der Waals surface area (Å²) in [6.45, 7) is 1.84. The molecular formula is C16H27NO3. The zero-order valence-corrected chi connectivity index (χ0v) is 12.4. The highest BCUT2D eigenvalue weighted by Gasteiger charge is 2.26. The van der Waals surface area contributed by atoms with Gasteiger partial charge in [0, 0.05) is 6.42 Å². The predicted molar refractivity (Wildman–Crippen MR) is 79.3 cm³/mol. The minimum absolute atomic E-state index is 0.0492. The van der Waals surface area contributed by atoms with Gasteiger partial charge in [0.05, 0.1) is 12.0 Å². The van der Waals surface area contributed by atoms with E-state index in [1.807, 2.05) is 13.0 Å². The number of carbonyl (C=O) groups excluding carboxylic acids is 1. The number of carboxylic acids is 1. The van der Waals surface area contributed by atoms with E-state index in [4.69, 9.17) is 10.8 Å². The van der Waals surface area contributed by atoms with E-state index in [0.29, 0.717) is 12.3 Å². The summed E-state index contributed by atoms with van der Waals surface area (Å²) in [7, 11) is 0. The Balaban J connectivity index is 2.43. The molecule has 0 aromatic carbocycles. The summed E-state index contributed by atoms with van der Waals surface area (Å²) in [5.74, 6) is -1.12. The second kappa shape index (κ2) is 8.90. The second-order valence-corrected chi connectivity index (χ2v) is 5.86. The van der Waals surface area contributed by atoms with Gasteiger partial charge in [0.2, 0.25) is 0 Å². The molecule has 0 saturated heterocycles. The second-order valence-electron chi connectivity index (χ2n) is 5.86. The molecule has 114 valence electrons. The molecule has 1 aliphatic carbocycles. The molecule has 0 aromatic heterocycles. The number of ketones is 1. The summed E-state index contributed by atoms with van der Waals surface area (Å²) in [6, 6.07) is -0.495. The minimum atomic E-state index is -0.915. The smallest absolute Gasteiger partial charge is 0.307 e. The SMILES string of the molecule is C/C=C/C[C@H](CC(=O)[C@@H](N)CC1CCCCC1)C(=O)O. The van der Waals surface area contributed by atoms with Crippen LogP contribution in [0.5, 0.6) is 0 Å². The molecule has 0 aliphatic heterocycles. The summed E-state index contributed by atoms with van der Waals surface area (Å²) in [4.78, 5) is 23.2. The van der Waals surface area contributed by atoms with Crippen molar-refractivity contribution in [3.63, 3.8) is 0 Å². The molecule has 0 unspecified atom stereocenters. The van der Waals surface area contributed by atoms with E-state index in [0.717, 1.165) is 19.3 Å². The van der Waals surface area contributed by atoms with E-state index in [-0.39, 0.29) is 12.2 Å². The molecule has 20 heavy (non-hydrogen) atoms. The van der Waals surface area contributed by atoms with Gasteiger partial charge >= 0.3 is 5.97 Å². The van der Waals surface area contributed by atoms with Crippen LogP contribution in [-0.2, 0) is 9.59 Å². The topological polar surface area (TPSA) is 80.4 Å². The monoisotopic (exact) mass is 281 g/mol. The van der Waals surface area contributed by atoms with Gasteiger partial charge in [0.15, 0.2) is 0 Å². The predicted octanol–water partition coefficient (Wildman–Crippen LogP) is 2.91. The normalized spacial score (nSPS) is 19.9. The highest BCUT2D eigenvalue weighted by atomic mass is 16.4. The van der Waals surface area contributed by atoms with E-state index >= 15 is 0 Å². The van der Waals surface area contributed by atoms with Gasteiger partial charge in [-0.05, 0) is 25.7 Å². The van der Waals surface area contributed by atoms with Gasteiger partial charge in [-0.3, -0.25) is 9.59 Å². The molecule has 0 spiro atoms. The Hall–Kier alpha value is -1.16. The number of hydrogen-bond acceptors (Lipinski definition) is 3. The van der Waals surface area contributed by atoms with E-state index in [9.17, 15) is 9.59 Å². The molecule has 0 radical (unpaired) electrons. The fourth-order valence-electron chi connectivity index (χ4n) is 2.88. The summed E-state index contributed by atoms with van der Waals surface area (Å²) in [5.41, 5.74) is 5.96. The maximum absolute atomic E-state index is 12.1. The van der Waals surface area contributed by atoms with Gasteiger partial charge in [0.25, 0.3) is 0 Å². The van der Waals surface area contributed by atoms with E-state index < -0.39 is 17.9 Å². The fourth-order valence-corrected chi connectivity index (χ4v) is 2.88. The number of carboxylic acid groups (broad SMARTS) is 1. The first-order valence-electron chi connectivity index (χ1n) is 7.66. The summed E-state index contributed by atoms with van der Waals surface area (Å²) >= 11 is 0. The third-order valence-electron chi connectivity index (χ3n) is 4.18. The zero-order valence-electron chi connectivity index (χ0n) is 12.4. The minimum Gasteiger partial charge on any atom is -0.481 e. The van der Waals surface area contributed by atoms with Crippen LogP contribution in [0.15, 0.2) is 12.2 Å². The molecule has 0 heterocycles. The van der Waals surface area contributed by atoms with E-state index in [2.05, 4.69) is 0 Å². The molecule has 0 bridgehead atoms. The Bertz CT molecular complexity index is 346. The summed E-state index contributed by atoms with van der Waals surface area (Å²) < 4.78 is 0. The van der Waals surface area contributed by atoms with Crippen LogP contribution in [0.1, 0.15) is 58.3 Å². The molecular weight excluding hydrogens is 254 g/mol. The number of nitrogens with two attached hydrogens (primary N) is 1. The van der Waals surface area contributed by atoms with Crippen LogP contribution in [0.4, 0.5) is 0 Å². The summed E-state index contributed by atoms with van der Waals surface area (Å²) in [6.07, 6.45) is 10.8. The highest BCUT2D eigenvalue weighted by molar-refractivity contribution is 5.87. The Labute approximate surface area is 121 Å². The van der Waals surface area contributed by atoms with Crippen molar-refractivity contribution in [2.45, 2.75) is 64.3 Å². The molecule has 4 heteroatoms. The average Bonchev–Trinajstić information content (AvgIpc) is 2.43. The maximum atomic E-state index is 12.1. The van der Waals surface area contributed by atoms with Crippen LogP contribution in [-0.4, -0.2) is 22.9 Å². The lowest BCUT2D eigenvalue weighted by atomic mass is 9.83. The Kier molecular flexibility index (Phi) is 7.52. The van der Waals surface area contributed by atoms with Gasteiger partial charge in [-0.2, -0.15) is 0 Å². The third-order valence-corrected chi connectivity index (χ3v) is 4.18. The first-order chi connectivity index (χ1) is 9.54. The van der Waals surface area contributed by atoms with Gasteiger partial charge < -0.3 is 10.8 Å². The highest BCUT2D eigenvalue weighted by Crippen LogP contribution is 2.27. The first-order valence-corrected chi connectivity index (χ1v) is 7.66. The molecule has 1 aliphatic rings. The number of allylic oxidation sites excluding steroid dienone is 2. The van der Waals surface area contributed by atoms with Crippen molar-refractivity contribution in [2.24, 2.45) is 17.6 Å².